The monoisotopic (exact) mass is 284 g/mol. The number of aliphatic imine (C=N–C) groups is 1. The molecule has 3 nitrogen and oxygen atoms in total. The lowest BCUT2D eigenvalue weighted by Gasteiger charge is -2.07. The maximum Gasteiger partial charge on any atom is 0.178 e. The van der Waals surface area contributed by atoms with Crippen molar-refractivity contribution in [3.8, 4) is 0 Å². The van der Waals surface area contributed by atoms with Crippen molar-refractivity contribution < 1.29 is 9.18 Å². The van der Waals surface area contributed by atoms with Crippen molar-refractivity contribution in [1.29, 1.82) is 0 Å². The topological polar surface area (TPSA) is 42.3 Å². The molecular formula is C17H17FN2O. The lowest BCUT2D eigenvalue weighted by molar-refractivity contribution is 0.101. The largest absolute Gasteiger partial charge is 0.293 e. The van der Waals surface area contributed by atoms with E-state index in [1.807, 2.05) is 20.8 Å². The fourth-order valence-electron chi connectivity index (χ4n) is 2.14. The molecule has 0 spiro atoms. The quantitative estimate of drug-likeness (QED) is 0.626. The van der Waals surface area contributed by atoms with Gasteiger partial charge in [-0.05, 0) is 56.2 Å². The number of halogens is 1. The number of carbonyl (C=O) groups excluding carboxylic acids is 1. The number of hydrogen-bond acceptors (Lipinski definition) is 3. The van der Waals surface area contributed by atoms with Gasteiger partial charge in [-0.15, -0.1) is 0 Å². The van der Waals surface area contributed by atoms with Gasteiger partial charge in [0.05, 0.1) is 17.1 Å². The first kappa shape index (κ1) is 15.0. The van der Waals surface area contributed by atoms with Crippen molar-refractivity contribution in [2.75, 3.05) is 0 Å². The van der Waals surface area contributed by atoms with Gasteiger partial charge in [-0.25, -0.2) is 9.37 Å². The number of aryl methyl sites for hydroxylation is 2. The number of carbonyl (C=O) groups is 1. The van der Waals surface area contributed by atoms with E-state index in [0.717, 1.165) is 16.8 Å². The Morgan fingerprint density at radius 3 is 2.24 bits per heavy atom. The molecule has 108 valence electrons. The molecule has 0 aliphatic heterocycles. The Morgan fingerprint density at radius 1 is 1.10 bits per heavy atom. The second-order valence-corrected chi connectivity index (χ2v) is 5.05. The third-order valence-corrected chi connectivity index (χ3v) is 3.22. The maximum absolute atomic E-state index is 13.3. The molecule has 0 fully saturated rings. The van der Waals surface area contributed by atoms with Gasteiger partial charge in [-0.2, -0.15) is 0 Å². The molecule has 0 saturated heterocycles. The summed E-state index contributed by atoms with van der Waals surface area (Å²) in [6.07, 6.45) is 0. The van der Waals surface area contributed by atoms with E-state index in [2.05, 4.69) is 9.98 Å². The van der Waals surface area contributed by atoms with Crippen LogP contribution in [-0.4, -0.2) is 16.5 Å². The summed E-state index contributed by atoms with van der Waals surface area (Å²) in [5.74, 6) is -0.350. The first-order valence-electron chi connectivity index (χ1n) is 6.69. The normalized spacial score (nSPS) is 11.6. The fourth-order valence-corrected chi connectivity index (χ4v) is 2.14. The number of nitrogens with zero attached hydrogens (tertiary/aromatic N) is 2. The molecule has 0 aliphatic carbocycles. The number of aromatic nitrogens is 1. The van der Waals surface area contributed by atoms with Gasteiger partial charge in [0, 0.05) is 6.92 Å². The van der Waals surface area contributed by atoms with Crippen LogP contribution < -0.4 is 0 Å². The van der Waals surface area contributed by atoms with E-state index >= 15 is 0 Å². The third-order valence-electron chi connectivity index (χ3n) is 3.22. The van der Waals surface area contributed by atoms with Crippen LogP contribution >= 0.6 is 0 Å². The molecule has 0 atom stereocenters. The summed E-state index contributed by atoms with van der Waals surface area (Å²) in [6, 6.07) is 8.17. The number of Topliss-reactive ketones (excluding diaryl/α,β-unsaturated/α-hetero) is 1. The van der Waals surface area contributed by atoms with Crippen LogP contribution in [0.25, 0.3) is 0 Å². The van der Waals surface area contributed by atoms with Crippen LogP contribution in [0.1, 0.15) is 41.2 Å². The highest BCUT2D eigenvalue weighted by molar-refractivity contribution is 6.00. The summed E-state index contributed by atoms with van der Waals surface area (Å²) in [6.45, 7) is 6.95. The molecule has 1 aromatic heterocycles. The van der Waals surface area contributed by atoms with Crippen LogP contribution in [0.3, 0.4) is 0 Å². The van der Waals surface area contributed by atoms with Crippen LogP contribution in [0.5, 0.6) is 0 Å². The van der Waals surface area contributed by atoms with Gasteiger partial charge in [0.2, 0.25) is 0 Å². The molecule has 2 aromatic rings. The number of hydrogen-bond donors (Lipinski definition) is 0. The summed E-state index contributed by atoms with van der Waals surface area (Å²) < 4.78 is 13.3. The molecule has 0 N–H and O–H groups in total. The highest BCUT2D eigenvalue weighted by Gasteiger charge is 2.08. The first-order chi connectivity index (χ1) is 9.88. The highest BCUT2D eigenvalue weighted by Crippen LogP contribution is 2.25. The molecule has 0 saturated carbocycles. The van der Waals surface area contributed by atoms with Gasteiger partial charge in [-0.3, -0.25) is 9.79 Å². The van der Waals surface area contributed by atoms with Crippen LogP contribution in [0, 0.1) is 19.7 Å². The summed E-state index contributed by atoms with van der Waals surface area (Å²) in [5.41, 5.74) is 4.03. The summed E-state index contributed by atoms with van der Waals surface area (Å²) in [4.78, 5) is 20.2. The Hall–Kier alpha value is -2.36. The summed E-state index contributed by atoms with van der Waals surface area (Å²) >= 11 is 0. The number of pyridine rings is 1. The Labute approximate surface area is 123 Å². The fraction of sp³-hybridized carbons (Fsp3) is 0.235. The average Bonchev–Trinajstić information content (AvgIpc) is 2.42. The number of rotatable bonds is 3. The van der Waals surface area contributed by atoms with Crippen molar-refractivity contribution in [2.24, 2.45) is 4.99 Å². The Balaban J connectivity index is 2.47. The third kappa shape index (κ3) is 3.40. The molecule has 0 radical (unpaired) electrons. The SMILES string of the molecule is CC(=O)c1cccc(/C(C)=N/c2c(C)cc(F)cc2C)n1. The molecule has 1 heterocycles. The van der Waals surface area contributed by atoms with Crippen LogP contribution in [0.4, 0.5) is 10.1 Å². The van der Waals surface area contributed by atoms with Gasteiger partial charge in [-0.1, -0.05) is 6.07 Å². The lowest BCUT2D eigenvalue weighted by Crippen LogP contribution is -2.04. The zero-order valence-corrected chi connectivity index (χ0v) is 12.6. The second kappa shape index (κ2) is 5.95. The molecule has 0 amide bonds. The van der Waals surface area contributed by atoms with Gasteiger partial charge < -0.3 is 0 Å². The van der Waals surface area contributed by atoms with Crippen molar-refractivity contribution in [2.45, 2.75) is 27.7 Å². The maximum atomic E-state index is 13.3. The lowest BCUT2D eigenvalue weighted by atomic mass is 10.1. The molecule has 4 heteroatoms. The smallest absolute Gasteiger partial charge is 0.178 e. The predicted octanol–water partition coefficient (Wildman–Crippen LogP) is 4.18. The minimum atomic E-state index is -0.265. The first-order valence-corrected chi connectivity index (χ1v) is 6.69. The molecule has 0 aliphatic rings. The van der Waals surface area contributed by atoms with E-state index in [4.69, 9.17) is 0 Å². The zero-order valence-electron chi connectivity index (χ0n) is 12.6. The van der Waals surface area contributed by atoms with E-state index in [-0.39, 0.29) is 11.6 Å². The van der Waals surface area contributed by atoms with Crippen molar-refractivity contribution in [3.63, 3.8) is 0 Å². The Bertz CT molecular complexity index is 712. The van der Waals surface area contributed by atoms with Crippen LogP contribution in [-0.2, 0) is 0 Å². The molecule has 0 bridgehead atoms. The second-order valence-electron chi connectivity index (χ2n) is 5.05. The van der Waals surface area contributed by atoms with Gasteiger partial charge in [0.1, 0.15) is 11.5 Å². The van der Waals surface area contributed by atoms with Crippen molar-refractivity contribution in [3.05, 3.63) is 58.7 Å². The Kier molecular flexibility index (Phi) is 4.26. The molecule has 0 unspecified atom stereocenters. The standard InChI is InChI=1S/C17H17FN2O/c1-10-8-14(18)9-11(2)17(10)19-12(3)15-6-5-7-16(20-15)13(4)21/h5-9H,1-4H3/b19-12+. The molecule has 1 aromatic carbocycles. The van der Waals surface area contributed by atoms with E-state index < -0.39 is 0 Å². The zero-order chi connectivity index (χ0) is 15.6. The Morgan fingerprint density at radius 2 is 1.67 bits per heavy atom. The van der Waals surface area contributed by atoms with Crippen LogP contribution in [0.2, 0.25) is 0 Å². The van der Waals surface area contributed by atoms with Crippen molar-refractivity contribution in [1.82, 2.24) is 4.98 Å². The van der Waals surface area contributed by atoms with Crippen molar-refractivity contribution >= 4 is 17.2 Å². The summed E-state index contributed by atoms with van der Waals surface area (Å²) in [7, 11) is 0. The average molecular weight is 284 g/mol. The molecule has 2 rings (SSSR count). The van der Waals surface area contributed by atoms with E-state index in [1.54, 1.807) is 18.2 Å². The van der Waals surface area contributed by atoms with Crippen LogP contribution in [0.15, 0.2) is 35.3 Å². The van der Waals surface area contributed by atoms with Gasteiger partial charge in [0.25, 0.3) is 0 Å². The minimum absolute atomic E-state index is 0.0845. The van der Waals surface area contributed by atoms with E-state index in [1.165, 1.54) is 19.1 Å². The molecular weight excluding hydrogens is 267 g/mol. The predicted molar refractivity (Wildman–Crippen MR) is 82.0 cm³/mol. The minimum Gasteiger partial charge on any atom is -0.293 e. The van der Waals surface area contributed by atoms with E-state index in [9.17, 15) is 9.18 Å². The molecule has 21 heavy (non-hydrogen) atoms. The highest BCUT2D eigenvalue weighted by atomic mass is 19.1. The number of benzene rings is 1. The van der Waals surface area contributed by atoms with Gasteiger partial charge in [0.15, 0.2) is 5.78 Å². The summed E-state index contributed by atoms with van der Waals surface area (Å²) in [5, 5.41) is 0. The number of ketones is 1. The van der Waals surface area contributed by atoms with E-state index in [0.29, 0.717) is 17.1 Å². The van der Waals surface area contributed by atoms with Gasteiger partial charge >= 0.3 is 0 Å².